The lowest BCUT2D eigenvalue weighted by atomic mass is 9.94. The Balaban J connectivity index is 2.06. The van der Waals surface area contributed by atoms with Crippen molar-refractivity contribution in [3.63, 3.8) is 0 Å². The van der Waals surface area contributed by atoms with Gasteiger partial charge in [0.2, 0.25) is 0 Å². The summed E-state index contributed by atoms with van der Waals surface area (Å²) in [5.74, 6) is 1.05. The Morgan fingerprint density at radius 3 is 2.53 bits per heavy atom. The normalized spacial score (nSPS) is 11.7. The largest absolute Gasteiger partial charge is 0.337 e. The lowest BCUT2D eigenvalue weighted by molar-refractivity contribution is 0.392. The first-order valence-corrected chi connectivity index (χ1v) is 5.86. The van der Waals surface area contributed by atoms with E-state index in [0.29, 0.717) is 0 Å². The van der Waals surface area contributed by atoms with Crippen molar-refractivity contribution in [2.75, 3.05) is 0 Å². The molecular formula is C14H19N3. The molecule has 1 N–H and O–H groups in total. The van der Waals surface area contributed by atoms with Gasteiger partial charge in [-0.2, -0.15) is 0 Å². The smallest absolute Gasteiger partial charge is 0.122 e. The van der Waals surface area contributed by atoms with Gasteiger partial charge < -0.3 is 9.88 Å². The maximum atomic E-state index is 4.31. The van der Waals surface area contributed by atoms with Crippen molar-refractivity contribution in [3.8, 4) is 0 Å². The summed E-state index contributed by atoms with van der Waals surface area (Å²) in [7, 11) is 2.01. The van der Waals surface area contributed by atoms with Gasteiger partial charge in [0.1, 0.15) is 5.82 Å². The third-order valence-corrected chi connectivity index (χ3v) is 3.10. The zero-order valence-corrected chi connectivity index (χ0v) is 10.6. The Labute approximate surface area is 103 Å². The van der Waals surface area contributed by atoms with Crippen LogP contribution in [0.2, 0.25) is 0 Å². The molecule has 2 rings (SSSR count). The van der Waals surface area contributed by atoms with Gasteiger partial charge in [-0.15, -0.1) is 0 Å². The number of benzene rings is 1. The van der Waals surface area contributed by atoms with Gasteiger partial charge >= 0.3 is 0 Å². The van der Waals surface area contributed by atoms with E-state index in [2.05, 4.69) is 48.4 Å². The van der Waals surface area contributed by atoms with Gasteiger partial charge in [0.05, 0.1) is 6.54 Å². The third kappa shape index (κ3) is 2.74. The van der Waals surface area contributed by atoms with Crippen LogP contribution in [0.25, 0.3) is 0 Å². The molecule has 0 spiro atoms. The van der Waals surface area contributed by atoms with Crippen LogP contribution in [0.3, 0.4) is 0 Å². The summed E-state index contributed by atoms with van der Waals surface area (Å²) in [5.41, 5.74) is 1.24. The second-order valence-corrected chi connectivity index (χ2v) is 4.80. The van der Waals surface area contributed by atoms with Crippen molar-refractivity contribution in [2.45, 2.75) is 25.9 Å². The first-order valence-electron chi connectivity index (χ1n) is 5.86. The molecule has 0 saturated carbocycles. The highest BCUT2D eigenvalue weighted by atomic mass is 15.1. The second-order valence-electron chi connectivity index (χ2n) is 4.80. The molecule has 1 aromatic carbocycles. The van der Waals surface area contributed by atoms with E-state index in [9.17, 15) is 0 Å². The number of aryl methyl sites for hydroxylation is 1. The first kappa shape index (κ1) is 11.9. The Hall–Kier alpha value is -1.61. The lowest BCUT2D eigenvalue weighted by Gasteiger charge is -2.26. The highest BCUT2D eigenvalue weighted by Gasteiger charge is 2.19. The molecule has 0 aliphatic heterocycles. The number of aromatic nitrogens is 2. The molecule has 1 heterocycles. The van der Waals surface area contributed by atoms with Crippen molar-refractivity contribution in [1.29, 1.82) is 0 Å². The van der Waals surface area contributed by atoms with Crippen molar-refractivity contribution in [1.82, 2.24) is 14.9 Å². The van der Waals surface area contributed by atoms with Crippen LogP contribution in [0.15, 0.2) is 42.7 Å². The standard InChI is InChI=1S/C14H19N3/c1-14(2,12-7-5-4-6-8-12)16-11-13-15-9-10-17(13)3/h4-10,16H,11H2,1-3H3. The number of rotatable bonds is 4. The summed E-state index contributed by atoms with van der Waals surface area (Å²) in [4.78, 5) is 4.31. The molecule has 0 aliphatic carbocycles. The van der Waals surface area contributed by atoms with Gasteiger partial charge in [0.25, 0.3) is 0 Å². The van der Waals surface area contributed by atoms with Crippen LogP contribution in [-0.4, -0.2) is 9.55 Å². The van der Waals surface area contributed by atoms with Crippen LogP contribution in [0.5, 0.6) is 0 Å². The average Bonchev–Trinajstić information content (AvgIpc) is 2.74. The van der Waals surface area contributed by atoms with E-state index in [0.717, 1.165) is 12.4 Å². The van der Waals surface area contributed by atoms with Crippen molar-refractivity contribution < 1.29 is 0 Å². The molecule has 0 aliphatic rings. The number of hydrogen-bond donors (Lipinski definition) is 1. The summed E-state index contributed by atoms with van der Waals surface area (Å²) in [5, 5.41) is 3.54. The Morgan fingerprint density at radius 2 is 1.94 bits per heavy atom. The van der Waals surface area contributed by atoms with E-state index in [4.69, 9.17) is 0 Å². The zero-order valence-electron chi connectivity index (χ0n) is 10.6. The molecule has 0 bridgehead atoms. The number of nitrogens with zero attached hydrogens (tertiary/aromatic N) is 2. The predicted molar refractivity (Wildman–Crippen MR) is 69.5 cm³/mol. The van der Waals surface area contributed by atoms with E-state index in [1.165, 1.54) is 5.56 Å². The van der Waals surface area contributed by atoms with Crippen LogP contribution in [-0.2, 0) is 19.1 Å². The fourth-order valence-electron chi connectivity index (χ4n) is 1.82. The Kier molecular flexibility index (Phi) is 3.29. The van der Waals surface area contributed by atoms with E-state index >= 15 is 0 Å². The van der Waals surface area contributed by atoms with Gasteiger partial charge in [-0.1, -0.05) is 30.3 Å². The zero-order chi connectivity index (χ0) is 12.3. The van der Waals surface area contributed by atoms with E-state index in [1.807, 2.05) is 30.1 Å². The second kappa shape index (κ2) is 4.72. The lowest BCUT2D eigenvalue weighted by Crippen LogP contribution is -2.36. The molecule has 2 aromatic rings. The molecule has 3 heteroatoms. The fourth-order valence-corrected chi connectivity index (χ4v) is 1.82. The minimum absolute atomic E-state index is 0.0484. The van der Waals surface area contributed by atoms with Gasteiger partial charge in [-0.3, -0.25) is 0 Å². The molecule has 1 aromatic heterocycles. The Morgan fingerprint density at radius 1 is 1.24 bits per heavy atom. The molecule has 0 fully saturated rings. The highest BCUT2D eigenvalue weighted by molar-refractivity contribution is 5.22. The Bertz CT molecular complexity index is 471. The van der Waals surface area contributed by atoms with Crippen LogP contribution in [0.1, 0.15) is 25.2 Å². The summed E-state index contributed by atoms with van der Waals surface area (Å²) < 4.78 is 2.04. The molecule has 0 atom stereocenters. The van der Waals surface area contributed by atoms with Crippen molar-refractivity contribution in [3.05, 3.63) is 54.1 Å². The molecule has 0 radical (unpaired) electrons. The molecule has 3 nitrogen and oxygen atoms in total. The summed E-state index contributed by atoms with van der Waals surface area (Å²) >= 11 is 0. The van der Waals surface area contributed by atoms with Gasteiger partial charge in [-0.25, -0.2) is 4.98 Å². The van der Waals surface area contributed by atoms with Gasteiger partial charge in [0, 0.05) is 25.0 Å². The number of nitrogens with one attached hydrogen (secondary N) is 1. The SMILES string of the molecule is Cn1ccnc1CNC(C)(C)c1ccccc1. The predicted octanol–water partition coefficient (Wildman–Crippen LogP) is 2.45. The molecule has 17 heavy (non-hydrogen) atoms. The van der Waals surface area contributed by atoms with E-state index in [1.54, 1.807) is 0 Å². The average molecular weight is 229 g/mol. The van der Waals surface area contributed by atoms with Gasteiger partial charge in [0.15, 0.2) is 0 Å². The third-order valence-electron chi connectivity index (χ3n) is 3.10. The minimum Gasteiger partial charge on any atom is -0.337 e. The van der Waals surface area contributed by atoms with Crippen LogP contribution >= 0.6 is 0 Å². The summed E-state index contributed by atoms with van der Waals surface area (Å²) in [6, 6.07) is 10.5. The van der Waals surface area contributed by atoms with Crippen LogP contribution < -0.4 is 5.32 Å². The molecule has 0 amide bonds. The van der Waals surface area contributed by atoms with Crippen LogP contribution in [0, 0.1) is 0 Å². The molecular weight excluding hydrogens is 210 g/mol. The summed E-state index contributed by atoms with van der Waals surface area (Å²) in [6.45, 7) is 5.14. The van der Waals surface area contributed by atoms with Gasteiger partial charge in [-0.05, 0) is 19.4 Å². The minimum atomic E-state index is -0.0484. The fraction of sp³-hybridized carbons (Fsp3) is 0.357. The monoisotopic (exact) mass is 229 g/mol. The maximum absolute atomic E-state index is 4.31. The quantitative estimate of drug-likeness (QED) is 0.872. The van der Waals surface area contributed by atoms with Crippen molar-refractivity contribution >= 4 is 0 Å². The summed E-state index contributed by atoms with van der Waals surface area (Å²) in [6.07, 6.45) is 3.79. The van der Waals surface area contributed by atoms with E-state index < -0.39 is 0 Å². The first-order chi connectivity index (χ1) is 8.09. The topological polar surface area (TPSA) is 29.9 Å². The highest BCUT2D eigenvalue weighted by Crippen LogP contribution is 2.19. The van der Waals surface area contributed by atoms with E-state index in [-0.39, 0.29) is 5.54 Å². The number of hydrogen-bond acceptors (Lipinski definition) is 2. The molecule has 90 valence electrons. The number of imidazole rings is 1. The van der Waals surface area contributed by atoms with Crippen molar-refractivity contribution in [2.24, 2.45) is 7.05 Å². The van der Waals surface area contributed by atoms with Crippen LogP contribution in [0.4, 0.5) is 0 Å². The molecule has 0 saturated heterocycles. The maximum Gasteiger partial charge on any atom is 0.122 e. The molecule has 0 unspecified atom stereocenters.